The van der Waals surface area contributed by atoms with E-state index in [1.807, 2.05) is 31.1 Å². The van der Waals surface area contributed by atoms with Gasteiger partial charge < -0.3 is 14.7 Å². The van der Waals surface area contributed by atoms with Crippen LogP contribution in [0.3, 0.4) is 0 Å². The molecule has 1 atom stereocenters. The number of amides is 2. The molecule has 5 nitrogen and oxygen atoms in total. The second-order valence-corrected chi connectivity index (χ2v) is 8.88. The largest absolute Gasteiger partial charge is 0.378 e. The Bertz CT molecular complexity index is 711. The van der Waals surface area contributed by atoms with E-state index in [-0.39, 0.29) is 11.3 Å². The van der Waals surface area contributed by atoms with Gasteiger partial charge in [0.15, 0.2) is 0 Å². The summed E-state index contributed by atoms with van der Waals surface area (Å²) >= 11 is 0. The van der Waals surface area contributed by atoms with Crippen LogP contribution in [-0.4, -0.2) is 61.9 Å². The van der Waals surface area contributed by atoms with Gasteiger partial charge in [-0.25, -0.2) is 0 Å². The molecule has 2 heterocycles. The van der Waals surface area contributed by atoms with Gasteiger partial charge in [-0.05, 0) is 55.7 Å². The van der Waals surface area contributed by atoms with Crippen molar-refractivity contribution < 1.29 is 9.59 Å². The number of hydrogen-bond donors (Lipinski definition) is 0. The molecule has 4 rings (SSSR count). The highest BCUT2D eigenvalue weighted by Crippen LogP contribution is 2.41. The lowest BCUT2D eigenvalue weighted by Gasteiger charge is -2.39. The summed E-state index contributed by atoms with van der Waals surface area (Å²) in [6.45, 7) is 3.18. The van der Waals surface area contributed by atoms with E-state index in [0.717, 1.165) is 56.1 Å². The number of nitrogens with zero attached hydrogens (tertiary/aromatic N) is 3. The Labute approximate surface area is 162 Å². The van der Waals surface area contributed by atoms with Gasteiger partial charge in [0.1, 0.15) is 0 Å². The summed E-state index contributed by atoms with van der Waals surface area (Å²) in [7, 11) is 4.02. The Kier molecular flexibility index (Phi) is 4.87. The van der Waals surface area contributed by atoms with Crippen molar-refractivity contribution in [2.24, 2.45) is 11.3 Å². The van der Waals surface area contributed by atoms with Crippen LogP contribution in [0.15, 0.2) is 24.3 Å². The van der Waals surface area contributed by atoms with Crippen molar-refractivity contribution in [3.05, 3.63) is 29.8 Å². The number of anilines is 1. The minimum atomic E-state index is -0.308. The summed E-state index contributed by atoms with van der Waals surface area (Å²) in [6, 6.07) is 8.16. The lowest BCUT2D eigenvalue weighted by atomic mass is 9.78. The lowest BCUT2D eigenvalue weighted by molar-refractivity contribution is -0.146. The van der Waals surface area contributed by atoms with Crippen LogP contribution in [0.4, 0.5) is 5.69 Å². The first-order valence-corrected chi connectivity index (χ1v) is 10.3. The smallest absolute Gasteiger partial charge is 0.230 e. The van der Waals surface area contributed by atoms with E-state index in [9.17, 15) is 9.59 Å². The molecule has 1 aliphatic carbocycles. The fraction of sp³-hybridized carbons (Fsp3) is 0.636. The van der Waals surface area contributed by atoms with Crippen molar-refractivity contribution in [2.75, 3.05) is 45.2 Å². The van der Waals surface area contributed by atoms with E-state index in [0.29, 0.717) is 18.9 Å². The van der Waals surface area contributed by atoms with Crippen molar-refractivity contribution >= 4 is 17.5 Å². The van der Waals surface area contributed by atoms with Crippen LogP contribution in [0.5, 0.6) is 0 Å². The first kappa shape index (κ1) is 18.3. The van der Waals surface area contributed by atoms with Gasteiger partial charge in [-0.1, -0.05) is 12.1 Å². The molecule has 2 amide bonds. The van der Waals surface area contributed by atoms with Gasteiger partial charge in [0.25, 0.3) is 0 Å². The molecule has 2 aliphatic heterocycles. The second-order valence-electron chi connectivity index (χ2n) is 8.88. The van der Waals surface area contributed by atoms with Crippen LogP contribution < -0.4 is 4.90 Å². The number of likely N-dealkylation sites (tertiary alicyclic amines) is 2. The Hall–Kier alpha value is -2.04. The van der Waals surface area contributed by atoms with Crippen molar-refractivity contribution in [3.8, 4) is 0 Å². The standard InChI is InChI=1S/C22H31N3O2/c1-23(2)19-8-6-17(7-9-19)14-20(26)25-13-11-22(16-25)10-3-12-24(21(22)27)15-18-4-5-18/h6-9,18H,3-5,10-16H2,1-2H3/t22-/m0/s1. The van der Waals surface area contributed by atoms with Crippen LogP contribution in [0.2, 0.25) is 0 Å². The van der Waals surface area contributed by atoms with Gasteiger partial charge in [-0.2, -0.15) is 0 Å². The van der Waals surface area contributed by atoms with Gasteiger partial charge in [0.2, 0.25) is 11.8 Å². The third kappa shape index (κ3) is 3.83. The van der Waals surface area contributed by atoms with Gasteiger partial charge in [-0.15, -0.1) is 0 Å². The molecule has 0 bridgehead atoms. The monoisotopic (exact) mass is 369 g/mol. The number of carbonyl (C=O) groups excluding carboxylic acids is 2. The second kappa shape index (κ2) is 7.17. The minimum Gasteiger partial charge on any atom is -0.378 e. The molecule has 0 N–H and O–H groups in total. The van der Waals surface area contributed by atoms with Crippen molar-refractivity contribution in [1.29, 1.82) is 0 Å². The highest BCUT2D eigenvalue weighted by Gasteiger charge is 2.49. The highest BCUT2D eigenvalue weighted by molar-refractivity contribution is 5.86. The highest BCUT2D eigenvalue weighted by atomic mass is 16.2. The first-order valence-electron chi connectivity index (χ1n) is 10.3. The van der Waals surface area contributed by atoms with Gasteiger partial charge in [0, 0.05) is 46.0 Å². The molecule has 2 saturated heterocycles. The average Bonchev–Trinajstić information content (AvgIpc) is 3.37. The summed E-state index contributed by atoms with van der Waals surface area (Å²) in [5.41, 5.74) is 1.86. The molecule has 0 unspecified atom stereocenters. The van der Waals surface area contributed by atoms with Gasteiger partial charge in [-0.3, -0.25) is 9.59 Å². The molecule has 5 heteroatoms. The number of carbonyl (C=O) groups is 2. The van der Waals surface area contributed by atoms with E-state index in [4.69, 9.17) is 0 Å². The molecule has 146 valence electrons. The number of benzene rings is 1. The van der Waals surface area contributed by atoms with Crippen molar-refractivity contribution in [3.63, 3.8) is 0 Å². The zero-order valence-corrected chi connectivity index (χ0v) is 16.6. The molecule has 1 aromatic carbocycles. The topological polar surface area (TPSA) is 43.9 Å². The zero-order chi connectivity index (χ0) is 19.0. The predicted octanol–water partition coefficient (Wildman–Crippen LogP) is 2.55. The summed E-state index contributed by atoms with van der Waals surface area (Å²) in [6.07, 6.45) is 5.81. The van der Waals surface area contributed by atoms with E-state index in [1.54, 1.807) is 0 Å². The molecule has 1 spiro atoms. The first-order chi connectivity index (χ1) is 13.0. The molecule has 0 radical (unpaired) electrons. The molecule has 0 aromatic heterocycles. The fourth-order valence-electron chi connectivity index (χ4n) is 4.60. The van der Waals surface area contributed by atoms with Crippen LogP contribution in [-0.2, 0) is 16.0 Å². The molecule has 27 heavy (non-hydrogen) atoms. The quantitative estimate of drug-likeness (QED) is 0.801. The fourth-order valence-corrected chi connectivity index (χ4v) is 4.60. The maximum atomic E-state index is 13.1. The minimum absolute atomic E-state index is 0.150. The molecule has 1 aromatic rings. The summed E-state index contributed by atoms with van der Waals surface area (Å²) in [4.78, 5) is 32.0. The number of rotatable bonds is 5. The number of hydrogen-bond acceptors (Lipinski definition) is 3. The number of piperidine rings is 1. The third-order valence-electron chi connectivity index (χ3n) is 6.51. The maximum Gasteiger partial charge on any atom is 0.230 e. The van der Waals surface area contributed by atoms with E-state index in [1.165, 1.54) is 12.8 Å². The molecule has 3 fully saturated rings. The molecule has 1 saturated carbocycles. The van der Waals surface area contributed by atoms with Crippen molar-refractivity contribution in [1.82, 2.24) is 9.80 Å². The van der Waals surface area contributed by atoms with Crippen molar-refractivity contribution in [2.45, 2.75) is 38.5 Å². The Morgan fingerprint density at radius 2 is 1.89 bits per heavy atom. The molecular formula is C22H31N3O2. The predicted molar refractivity (Wildman–Crippen MR) is 107 cm³/mol. The summed E-state index contributed by atoms with van der Waals surface area (Å²) in [5, 5.41) is 0. The third-order valence-corrected chi connectivity index (χ3v) is 6.51. The SMILES string of the molecule is CN(C)c1ccc(CC(=O)N2CC[C@@]3(CCCN(CC4CC4)C3=O)C2)cc1. The van der Waals surface area contributed by atoms with Crippen LogP contribution in [0, 0.1) is 11.3 Å². The van der Waals surface area contributed by atoms with Crippen LogP contribution >= 0.6 is 0 Å². The summed E-state index contributed by atoms with van der Waals surface area (Å²) < 4.78 is 0. The Morgan fingerprint density at radius 3 is 2.56 bits per heavy atom. The zero-order valence-electron chi connectivity index (χ0n) is 16.6. The van der Waals surface area contributed by atoms with Gasteiger partial charge >= 0.3 is 0 Å². The van der Waals surface area contributed by atoms with Crippen LogP contribution in [0.1, 0.15) is 37.7 Å². The Balaban J connectivity index is 1.37. The van der Waals surface area contributed by atoms with Gasteiger partial charge in [0.05, 0.1) is 11.8 Å². The Morgan fingerprint density at radius 1 is 1.15 bits per heavy atom. The summed E-state index contributed by atoms with van der Waals surface area (Å²) in [5.74, 6) is 1.19. The average molecular weight is 370 g/mol. The van der Waals surface area contributed by atoms with E-state index < -0.39 is 0 Å². The molecular weight excluding hydrogens is 338 g/mol. The van der Waals surface area contributed by atoms with E-state index in [2.05, 4.69) is 21.9 Å². The normalized spacial score (nSPS) is 25.3. The van der Waals surface area contributed by atoms with Crippen LogP contribution in [0.25, 0.3) is 0 Å². The lowest BCUT2D eigenvalue weighted by Crippen LogP contribution is -2.51. The van der Waals surface area contributed by atoms with E-state index >= 15 is 0 Å². The maximum absolute atomic E-state index is 13.1. The molecule has 3 aliphatic rings.